The first kappa shape index (κ1) is 25.5. The summed E-state index contributed by atoms with van der Waals surface area (Å²) in [6, 6.07) is 0.720. The van der Waals surface area contributed by atoms with Crippen LogP contribution in [0.3, 0.4) is 0 Å². The Kier molecular flexibility index (Phi) is 13.1. The van der Waals surface area contributed by atoms with Crippen molar-refractivity contribution in [1.29, 1.82) is 0 Å². The summed E-state index contributed by atoms with van der Waals surface area (Å²) in [5, 5.41) is 6.62. The molecule has 0 bridgehead atoms. The van der Waals surface area contributed by atoms with Crippen LogP contribution in [0, 0.1) is 5.92 Å². The van der Waals surface area contributed by atoms with Gasteiger partial charge in [-0.2, -0.15) is 0 Å². The number of hydrogen-bond donors (Lipinski definition) is 2. The number of rotatable bonds is 8. The Bertz CT molecular complexity index is 474. The van der Waals surface area contributed by atoms with Crippen LogP contribution < -0.4 is 10.6 Å². The van der Waals surface area contributed by atoms with Gasteiger partial charge in [-0.3, -0.25) is 9.79 Å². The molecule has 2 heterocycles. The molecule has 0 aromatic carbocycles. The van der Waals surface area contributed by atoms with Crippen molar-refractivity contribution in [2.75, 3.05) is 45.8 Å². The second kappa shape index (κ2) is 14.4. The summed E-state index contributed by atoms with van der Waals surface area (Å²) in [6.07, 6.45) is 8.06. The molecular formula is C21H42IN5O. The highest BCUT2D eigenvalue weighted by atomic mass is 127. The lowest BCUT2D eigenvalue weighted by atomic mass is 10.00. The molecule has 2 aliphatic heterocycles. The molecule has 0 aromatic rings. The maximum Gasteiger partial charge on any atom is 0.224 e. The third kappa shape index (κ3) is 9.29. The Morgan fingerprint density at radius 1 is 1.11 bits per heavy atom. The van der Waals surface area contributed by atoms with E-state index in [0.717, 1.165) is 57.6 Å². The maximum atomic E-state index is 12.4. The van der Waals surface area contributed by atoms with Crippen molar-refractivity contribution in [3.8, 4) is 0 Å². The van der Waals surface area contributed by atoms with Crippen molar-refractivity contribution < 1.29 is 4.79 Å². The quantitative estimate of drug-likeness (QED) is 0.230. The number of hydrogen-bond acceptors (Lipinski definition) is 3. The first-order valence-electron chi connectivity index (χ1n) is 11.1. The van der Waals surface area contributed by atoms with Gasteiger partial charge in [-0.15, -0.1) is 24.0 Å². The van der Waals surface area contributed by atoms with Crippen LogP contribution in [-0.2, 0) is 4.79 Å². The van der Waals surface area contributed by atoms with E-state index >= 15 is 0 Å². The van der Waals surface area contributed by atoms with Gasteiger partial charge in [-0.1, -0.05) is 13.3 Å². The molecule has 28 heavy (non-hydrogen) atoms. The van der Waals surface area contributed by atoms with Crippen molar-refractivity contribution in [2.45, 2.75) is 71.8 Å². The topological polar surface area (TPSA) is 60.0 Å². The average molecular weight is 508 g/mol. The average Bonchev–Trinajstić information content (AvgIpc) is 2.66. The van der Waals surface area contributed by atoms with Gasteiger partial charge in [-0.25, -0.2) is 0 Å². The second-order valence-electron chi connectivity index (χ2n) is 8.26. The third-order valence-electron chi connectivity index (χ3n) is 5.80. The molecule has 0 radical (unpaired) electrons. The number of nitrogens with one attached hydrogen (secondary N) is 2. The van der Waals surface area contributed by atoms with Crippen LogP contribution in [0.2, 0.25) is 0 Å². The van der Waals surface area contributed by atoms with Gasteiger partial charge in [0, 0.05) is 51.7 Å². The van der Waals surface area contributed by atoms with Crippen LogP contribution in [-0.4, -0.2) is 73.5 Å². The molecule has 164 valence electrons. The van der Waals surface area contributed by atoms with Crippen LogP contribution in [0.1, 0.15) is 65.7 Å². The minimum atomic E-state index is 0. The van der Waals surface area contributed by atoms with E-state index in [2.05, 4.69) is 41.3 Å². The summed E-state index contributed by atoms with van der Waals surface area (Å²) < 4.78 is 0. The summed E-state index contributed by atoms with van der Waals surface area (Å²) in [7, 11) is 0. The van der Waals surface area contributed by atoms with Crippen molar-refractivity contribution in [3.05, 3.63) is 0 Å². The predicted molar refractivity (Wildman–Crippen MR) is 128 cm³/mol. The Morgan fingerprint density at radius 3 is 2.64 bits per heavy atom. The lowest BCUT2D eigenvalue weighted by Gasteiger charge is -2.33. The molecule has 2 atom stereocenters. The zero-order chi connectivity index (χ0) is 19.5. The van der Waals surface area contributed by atoms with Crippen LogP contribution in [0.25, 0.3) is 0 Å². The number of amides is 1. The minimum absolute atomic E-state index is 0. The van der Waals surface area contributed by atoms with Crippen LogP contribution in [0.15, 0.2) is 4.99 Å². The number of likely N-dealkylation sites (tertiary alicyclic amines) is 2. The molecule has 2 N–H and O–H groups in total. The maximum absolute atomic E-state index is 12.4. The van der Waals surface area contributed by atoms with E-state index in [1.807, 2.05) is 4.90 Å². The molecule has 1 amide bonds. The van der Waals surface area contributed by atoms with E-state index in [4.69, 9.17) is 0 Å². The minimum Gasteiger partial charge on any atom is -0.357 e. The number of carbonyl (C=O) groups excluding carboxylic acids is 1. The highest BCUT2D eigenvalue weighted by Gasteiger charge is 2.20. The molecule has 2 unspecified atom stereocenters. The number of nitrogens with zero attached hydrogens (tertiary/aromatic N) is 3. The Morgan fingerprint density at radius 2 is 1.93 bits per heavy atom. The van der Waals surface area contributed by atoms with Crippen molar-refractivity contribution >= 4 is 35.8 Å². The lowest BCUT2D eigenvalue weighted by Crippen LogP contribution is -2.42. The number of halogens is 1. The molecule has 2 saturated heterocycles. The molecule has 0 spiro atoms. The van der Waals surface area contributed by atoms with Gasteiger partial charge in [0.25, 0.3) is 0 Å². The smallest absolute Gasteiger partial charge is 0.224 e. The molecule has 2 aliphatic rings. The van der Waals surface area contributed by atoms with Gasteiger partial charge < -0.3 is 20.4 Å². The zero-order valence-electron chi connectivity index (χ0n) is 18.2. The number of guanidine groups is 1. The Hall–Kier alpha value is -0.570. The standard InChI is InChI=1S/C21H41N5O.HI/c1-4-22-21(23-12-8-16-25-14-6-5-10-19(25)3)24-13-11-20(27)26-15-7-9-18(2)17-26;/h18-19H,4-17H2,1-3H3,(H2,22,23,24);1H. The monoisotopic (exact) mass is 507 g/mol. The number of carbonyl (C=O) groups is 1. The number of piperidine rings is 2. The van der Waals surface area contributed by atoms with Crippen LogP contribution in [0.4, 0.5) is 0 Å². The summed E-state index contributed by atoms with van der Waals surface area (Å²) in [5.74, 6) is 1.74. The summed E-state index contributed by atoms with van der Waals surface area (Å²) >= 11 is 0. The first-order valence-corrected chi connectivity index (χ1v) is 11.1. The van der Waals surface area contributed by atoms with E-state index < -0.39 is 0 Å². The molecule has 0 aromatic heterocycles. The normalized spacial score (nSPS) is 23.8. The summed E-state index contributed by atoms with van der Waals surface area (Å²) in [5.41, 5.74) is 0. The van der Waals surface area contributed by atoms with Crippen molar-refractivity contribution in [3.63, 3.8) is 0 Å². The van der Waals surface area contributed by atoms with E-state index in [0.29, 0.717) is 18.9 Å². The van der Waals surface area contributed by atoms with Gasteiger partial charge in [0.1, 0.15) is 0 Å². The van der Waals surface area contributed by atoms with E-state index in [-0.39, 0.29) is 29.9 Å². The SMILES string of the molecule is CCNC(=NCCCN1CCCCC1C)NCCC(=O)N1CCCC(C)C1.I. The highest BCUT2D eigenvalue weighted by molar-refractivity contribution is 14.0. The molecule has 2 rings (SSSR count). The molecule has 7 heteroatoms. The summed E-state index contributed by atoms with van der Waals surface area (Å²) in [6.45, 7) is 13.2. The fraction of sp³-hybridized carbons (Fsp3) is 0.905. The van der Waals surface area contributed by atoms with Gasteiger partial charge in [-0.05, 0) is 58.4 Å². The molecular weight excluding hydrogens is 465 g/mol. The fourth-order valence-corrected chi connectivity index (χ4v) is 4.16. The lowest BCUT2D eigenvalue weighted by molar-refractivity contribution is -0.132. The molecule has 0 aliphatic carbocycles. The van der Waals surface area contributed by atoms with Crippen molar-refractivity contribution in [1.82, 2.24) is 20.4 Å². The summed E-state index contributed by atoms with van der Waals surface area (Å²) in [4.78, 5) is 21.7. The van der Waals surface area contributed by atoms with Gasteiger partial charge in [0.15, 0.2) is 5.96 Å². The zero-order valence-corrected chi connectivity index (χ0v) is 20.5. The van der Waals surface area contributed by atoms with Crippen LogP contribution in [0.5, 0.6) is 0 Å². The molecule has 6 nitrogen and oxygen atoms in total. The van der Waals surface area contributed by atoms with Gasteiger partial charge in [0.2, 0.25) is 5.91 Å². The largest absolute Gasteiger partial charge is 0.357 e. The Labute approximate surface area is 189 Å². The Balaban J connectivity index is 0.00000392. The molecule has 2 fully saturated rings. The first-order chi connectivity index (χ1) is 13.1. The molecule has 0 saturated carbocycles. The van der Waals surface area contributed by atoms with Gasteiger partial charge in [0.05, 0.1) is 0 Å². The fourth-order valence-electron chi connectivity index (χ4n) is 4.16. The highest BCUT2D eigenvalue weighted by Crippen LogP contribution is 2.16. The van der Waals surface area contributed by atoms with Gasteiger partial charge >= 0.3 is 0 Å². The van der Waals surface area contributed by atoms with E-state index in [1.54, 1.807) is 0 Å². The number of aliphatic imine (C=N–C) groups is 1. The van der Waals surface area contributed by atoms with Crippen molar-refractivity contribution in [2.24, 2.45) is 10.9 Å². The second-order valence-corrected chi connectivity index (χ2v) is 8.26. The van der Waals surface area contributed by atoms with E-state index in [1.165, 1.54) is 32.2 Å². The predicted octanol–water partition coefficient (Wildman–Crippen LogP) is 3.07. The van der Waals surface area contributed by atoms with E-state index in [9.17, 15) is 4.79 Å². The van der Waals surface area contributed by atoms with Crippen LogP contribution >= 0.6 is 24.0 Å². The third-order valence-corrected chi connectivity index (χ3v) is 5.80.